The minimum absolute atomic E-state index is 0.0246. The SMILES string of the molecule is CC(C)Cn1cnnc1SCC(=O)O. The number of hydrogen-bond acceptors (Lipinski definition) is 4. The molecule has 5 nitrogen and oxygen atoms in total. The third-order valence-electron chi connectivity index (χ3n) is 1.47. The first-order valence-electron chi connectivity index (χ1n) is 4.32. The van der Waals surface area contributed by atoms with Gasteiger partial charge in [0.25, 0.3) is 0 Å². The number of aromatic nitrogens is 3. The van der Waals surface area contributed by atoms with Crippen molar-refractivity contribution in [3.05, 3.63) is 6.33 Å². The maximum absolute atomic E-state index is 10.3. The second-order valence-electron chi connectivity index (χ2n) is 3.34. The van der Waals surface area contributed by atoms with Crippen LogP contribution in [0.25, 0.3) is 0 Å². The van der Waals surface area contributed by atoms with Crippen molar-refractivity contribution in [2.45, 2.75) is 25.5 Å². The molecule has 0 unspecified atom stereocenters. The second-order valence-corrected chi connectivity index (χ2v) is 4.28. The fourth-order valence-electron chi connectivity index (χ4n) is 1.00. The molecule has 78 valence electrons. The first-order chi connectivity index (χ1) is 6.59. The van der Waals surface area contributed by atoms with Gasteiger partial charge in [0.15, 0.2) is 5.16 Å². The molecule has 0 aliphatic carbocycles. The highest BCUT2D eigenvalue weighted by atomic mass is 32.2. The van der Waals surface area contributed by atoms with Crippen molar-refractivity contribution < 1.29 is 9.90 Å². The summed E-state index contributed by atoms with van der Waals surface area (Å²) in [5, 5.41) is 16.8. The van der Waals surface area contributed by atoms with Crippen molar-refractivity contribution in [1.29, 1.82) is 0 Å². The monoisotopic (exact) mass is 215 g/mol. The van der Waals surface area contributed by atoms with Gasteiger partial charge in [-0.3, -0.25) is 4.79 Å². The van der Waals surface area contributed by atoms with Gasteiger partial charge in [-0.15, -0.1) is 10.2 Å². The third kappa shape index (κ3) is 3.37. The molecule has 0 spiro atoms. The molecule has 0 aliphatic rings. The van der Waals surface area contributed by atoms with Crippen LogP contribution >= 0.6 is 11.8 Å². The molecule has 0 radical (unpaired) electrons. The summed E-state index contributed by atoms with van der Waals surface area (Å²) >= 11 is 1.19. The first-order valence-corrected chi connectivity index (χ1v) is 5.30. The summed E-state index contributed by atoms with van der Waals surface area (Å²) < 4.78 is 1.87. The minimum Gasteiger partial charge on any atom is -0.481 e. The Morgan fingerprint density at radius 3 is 3.00 bits per heavy atom. The molecule has 0 bridgehead atoms. The van der Waals surface area contributed by atoms with E-state index in [1.165, 1.54) is 11.8 Å². The molecule has 6 heteroatoms. The third-order valence-corrected chi connectivity index (χ3v) is 2.43. The van der Waals surface area contributed by atoms with Crippen LogP contribution in [0.3, 0.4) is 0 Å². The molecule has 1 aromatic rings. The van der Waals surface area contributed by atoms with Gasteiger partial charge in [0, 0.05) is 6.54 Å². The summed E-state index contributed by atoms with van der Waals surface area (Å²) in [6.45, 7) is 4.99. The summed E-state index contributed by atoms with van der Waals surface area (Å²) in [6.07, 6.45) is 1.63. The highest BCUT2D eigenvalue weighted by molar-refractivity contribution is 7.99. The molecule has 0 atom stereocenters. The Morgan fingerprint density at radius 2 is 2.43 bits per heavy atom. The number of rotatable bonds is 5. The number of aliphatic carboxylic acids is 1. The summed E-state index contributed by atoms with van der Waals surface area (Å²) in [5.41, 5.74) is 0. The van der Waals surface area contributed by atoms with E-state index in [0.717, 1.165) is 6.54 Å². The lowest BCUT2D eigenvalue weighted by Gasteiger charge is -2.07. The maximum Gasteiger partial charge on any atom is 0.313 e. The van der Waals surface area contributed by atoms with E-state index in [-0.39, 0.29) is 5.75 Å². The predicted octanol–water partition coefficient (Wildman–Crippen LogP) is 1.11. The first kappa shape index (κ1) is 11.0. The van der Waals surface area contributed by atoms with E-state index in [9.17, 15) is 4.79 Å². The Balaban J connectivity index is 2.58. The van der Waals surface area contributed by atoms with E-state index < -0.39 is 5.97 Å². The fraction of sp³-hybridized carbons (Fsp3) is 0.625. The van der Waals surface area contributed by atoms with Crippen molar-refractivity contribution in [2.75, 3.05) is 5.75 Å². The average Bonchev–Trinajstić information content (AvgIpc) is 2.47. The van der Waals surface area contributed by atoms with Crippen molar-refractivity contribution in [1.82, 2.24) is 14.8 Å². The molecular weight excluding hydrogens is 202 g/mol. The van der Waals surface area contributed by atoms with Crippen molar-refractivity contribution in [2.24, 2.45) is 5.92 Å². The zero-order valence-corrected chi connectivity index (χ0v) is 8.99. The number of hydrogen-bond donors (Lipinski definition) is 1. The topological polar surface area (TPSA) is 68.0 Å². The number of thioether (sulfide) groups is 1. The lowest BCUT2D eigenvalue weighted by Crippen LogP contribution is -2.06. The van der Waals surface area contributed by atoms with Crippen molar-refractivity contribution in [3.8, 4) is 0 Å². The van der Waals surface area contributed by atoms with Crippen LogP contribution in [0, 0.1) is 5.92 Å². The van der Waals surface area contributed by atoms with Gasteiger partial charge in [0.05, 0.1) is 5.75 Å². The number of carboxylic acids is 1. The highest BCUT2D eigenvalue weighted by Gasteiger charge is 2.08. The molecule has 0 saturated heterocycles. The van der Waals surface area contributed by atoms with E-state index in [0.29, 0.717) is 11.1 Å². The number of carboxylic acid groups (broad SMARTS) is 1. The van der Waals surface area contributed by atoms with Crippen LogP contribution in [0.5, 0.6) is 0 Å². The Morgan fingerprint density at radius 1 is 1.71 bits per heavy atom. The lowest BCUT2D eigenvalue weighted by molar-refractivity contribution is -0.133. The molecule has 0 aliphatic heterocycles. The molecule has 0 aromatic carbocycles. The Hall–Kier alpha value is -1.04. The summed E-state index contributed by atoms with van der Waals surface area (Å²) in [7, 11) is 0. The normalized spacial score (nSPS) is 10.8. The van der Waals surface area contributed by atoms with E-state index in [2.05, 4.69) is 24.0 Å². The van der Waals surface area contributed by atoms with Gasteiger partial charge in [0.2, 0.25) is 0 Å². The molecule has 1 heterocycles. The molecule has 0 fully saturated rings. The van der Waals surface area contributed by atoms with Gasteiger partial charge in [-0.2, -0.15) is 0 Å². The van der Waals surface area contributed by atoms with Crippen molar-refractivity contribution in [3.63, 3.8) is 0 Å². The van der Waals surface area contributed by atoms with Crippen LogP contribution in [0.4, 0.5) is 0 Å². The van der Waals surface area contributed by atoms with Crippen LogP contribution < -0.4 is 0 Å². The predicted molar refractivity (Wildman–Crippen MR) is 53.2 cm³/mol. The van der Waals surface area contributed by atoms with E-state index in [1.54, 1.807) is 6.33 Å². The van der Waals surface area contributed by atoms with Crippen LogP contribution in [0.1, 0.15) is 13.8 Å². The van der Waals surface area contributed by atoms with Crippen molar-refractivity contribution >= 4 is 17.7 Å². The molecule has 1 aromatic heterocycles. The van der Waals surface area contributed by atoms with Gasteiger partial charge >= 0.3 is 5.97 Å². The molecule has 14 heavy (non-hydrogen) atoms. The molecule has 1 N–H and O–H groups in total. The summed E-state index contributed by atoms with van der Waals surface area (Å²) in [5.74, 6) is -0.319. The average molecular weight is 215 g/mol. The fourth-order valence-corrected chi connectivity index (χ4v) is 1.65. The standard InChI is InChI=1S/C8H13N3O2S/c1-6(2)3-11-5-9-10-8(11)14-4-7(12)13/h5-6H,3-4H2,1-2H3,(H,12,13). The molecular formula is C8H13N3O2S. The van der Waals surface area contributed by atoms with E-state index in [1.807, 2.05) is 4.57 Å². The van der Waals surface area contributed by atoms with E-state index in [4.69, 9.17) is 5.11 Å². The number of carbonyl (C=O) groups is 1. The van der Waals surface area contributed by atoms with Gasteiger partial charge in [-0.1, -0.05) is 25.6 Å². The van der Waals surface area contributed by atoms with Gasteiger partial charge in [-0.05, 0) is 5.92 Å². The lowest BCUT2D eigenvalue weighted by atomic mass is 10.2. The summed E-state index contributed by atoms with van der Waals surface area (Å²) in [4.78, 5) is 10.3. The maximum atomic E-state index is 10.3. The second kappa shape index (κ2) is 4.99. The molecule has 0 saturated carbocycles. The number of nitrogens with zero attached hydrogens (tertiary/aromatic N) is 3. The Labute approximate surface area is 86.5 Å². The van der Waals surface area contributed by atoms with Gasteiger partial charge in [0.1, 0.15) is 6.33 Å². The van der Waals surface area contributed by atoms with Crippen LogP contribution in [0.15, 0.2) is 11.5 Å². The van der Waals surface area contributed by atoms with Gasteiger partial charge < -0.3 is 9.67 Å². The zero-order chi connectivity index (χ0) is 10.6. The van der Waals surface area contributed by atoms with Crippen LogP contribution in [-0.4, -0.2) is 31.6 Å². The molecule has 1 rings (SSSR count). The zero-order valence-electron chi connectivity index (χ0n) is 8.17. The Kier molecular flexibility index (Phi) is 3.94. The summed E-state index contributed by atoms with van der Waals surface area (Å²) in [6, 6.07) is 0. The van der Waals surface area contributed by atoms with Gasteiger partial charge in [-0.25, -0.2) is 0 Å². The Bertz CT molecular complexity index is 311. The quantitative estimate of drug-likeness (QED) is 0.745. The highest BCUT2D eigenvalue weighted by Crippen LogP contribution is 2.15. The largest absolute Gasteiger partial charge is 0.481 e. The smallest absolute Gasteiger partial charge is 0.313 e. The molecule has 0 amide bonds. The van der Waals surface area contributed by atoms with Crippen LogP contribution in [-0.2, 0) is 11.3 Å². The van der Waals surface area contributed by atoms with E-state index >= 15 is 0 Å². The minimum atomic E-state index is -0.839. The van der Waals surface area contributed by atoms with Crippen LogP contribution in [0.2, 0.25) is 0 Å².